The molecule has 0 aliphatic carbocycles. The van der Waals surface area contributed by atoms with Gasteiger partial charge in [0.1, 0.15) is 0 Å². The maximum absolute atomic E-state index is 12.8. The van der Waals surface area contributed by atoms with Gasteiger partial charge in [-0.05, 0) is 42.8 Å². The van der Waals surface area contributed by atoms with Crippen molar-refractivity contribution in [1.82, 2.24) is 5.32 Å². The van der Waals surface area contributed by atoms with Gasteiger partial charge in [0, 0.05) is 5.75 Å². The highest BCUT2D eigenvalue weighted by molar-refractivity contribution is 7.98. The molecular weight excluding hydrogens is 259 g/mol. The Morgan fingerprint density at radius 3 is 2.72 bits per heavy atom. The Balaban J connectivity index is 1.92. The molecule has 0 bridgehead atoms. The molecule has 0 aromatic heterocycles. The second kappa shape index (κ2) is 5.97. The Kier molecular flexibility index (Phi) is 4.56. The molecule has 0 amide bonds. The van der Waals surface area contributed by atoms with Crippen molar-refractivity contribution in [3.63, 3.8) is 0 Å². The van der Waals surface area contributed by atoms with Crippen LogP contribution in [0.2, 0.25) is 0 Å². The first-order chi connectivity index (χ1) is 8.57. The lowest BCUT2D eigenvalue weighted by Gasteiger charge is -2.13. The Morgan fingerprint density at radius 1 is 1.28 bits per heavy atom. The number of thioether (sulfide) groups is 1. The molecular formula is C13H16F3NS. The van der Waals surface area contributed by atoms with E-state index in [4.69, 9.17) is 0 Å². The van der Waals surface area contributed by atoms with Gasteiger partial charge in [-0.2, -0.15) is 24.9 Å². The molecule has 1 unspecified atom stereocenters. The van der Waals surface area contributed by atoms with Gasteiger partial charge in [-0.3, -0.25) is 0 Å². The van der Waals surface area contributed by atoms with Crippen molar-refractivity contribution in [2.24, 2.45) is 5.92 Å². The summed E-state index contributed by atoms with van der Waals surface area (Å²) in [4.78, 5) is 0. The lowest BCUT2D eigenvalue weighted by atomic mass is 10.1. The van der Waals surface area contributed by atoms with Gasteiger partial charge in [-0.25, -0.2) is 0 Å². The predicted molar refractivity (Wildman–Crippen MR) is 68.6 cm³/mol. The summed E-state index contributed by atoms with van der Waals surface area (Å²) in [5, 5.41) is 3.26. The largest absolute Gasteiger partial charge is 0.416 e. The molecule has 18 heavy (non-hydrogen) atoms. The zero-order chi connectivity index (χ0) is 13.0. The number of benzene rings is 1. The van der Waals surface area contributed by atoms with E-state index in [1.54, 1.807) is 23.9 Å². The van der Waals surface area contributed by atoms with E-state index in [-0.39, 0.29) is 0 Å². The molecule has 1 fully saturated rings. The summed E-state index contributed by atoms with van der Waals surface area (Å²) in [5.41, 5.74) is -0.108. The Hall–Kier alpha value is -0.680. The first-order valence-electron chi connectivity index (χ1n) is 6.01. The van der Waals surface area contributed by atoms with Crippen LogP contribution in [0.4, 0.5) is 13.2 Å². The van der Waals surface area contributed by atoms with Crippen LogP contribution in [0.3, 0.4) is 0 Å². The monoisotopic (exact) mass is 275 g/mol. The lowest BCUT2D eigenvalue weighted by Crippen LogP contribution is -2.11. The van der Waals surface area contributed by atoms with Crippen molar-refractivity contribution in [2.45, 2.75) is 18.3 Å². The van der Waals surface area contributed by atoms with Crippen LogP contribution in [-0.4, -0.2) is 18.8 Å². The van der Waals surface area contributed by atoms with E-state index in [1.807, 2.05) is 0 Å². The van der Waals surface area contributed by atoms with Gasteiger partial charge in [0.15, 0.2) is 0 Å². The summed E-state index contributed by atoms with van der Waals surface area (Å²) in [6, 6.07) is 5.84. The summed E-state index contributed by atoms with van der Waals surface area (Å²) >= 11 is 1.59. The van der Waals surface area contributed by atoms with Crippen LogP contribution in [0.1, 0.15) is 17.5 Å². The van der Waals surface area contributed by atoms with E-state index >= 15 is 0 Å². The first-order valence-corrected chi connectivity index (χ1v) is 7.16. The zero-order valence-electron chi connectivity index (χ0n) is 9.96. The molecule has 100 valence electrons. The average molecular weight is 275 g/mol. The molecule has 5 heteroatoms. The van der Waals surface area contributed by atoms with Gasteiger partial charge in [0.05, 0.1) is 5.56 Å². The number of alkyl halides is 3. The summed E-state index contributed by atoms with van der Waals surface area (Å²) in [6.45, 7) is 2.03. The quantitative estimate of drug-likeness (QED) is 0.902. The van der Waals surface area contributed by atoms with Crippen LogP contribution in [0.15, 0.2) is 24.3 Å². The van der Waals surface area contributed by atoms with Crippen LogP contribution < -0.4 is 5.32 Å². The summed E-state index contributed by atoms with van der Waals surface area (Å²) in [7, 11) is 0. The maximum atomic E-state index is 12.8. The topological polar surface area (TPSA) is 12.0 Å². The maximum Gasteiger partial charge on any atom is 0.416 e. The van der Waals surface area contributed by atoms with E-state index in [9.17, 15) is 13.2 Å². The van der Waals surface area contributed by atoms with Gasteiger partial charge in [0.25, 0.3) is 0 Å². The van der Waals surface area contributed by atoms with E-state index in [1.165, 1.54) is 6.07 Å². The normalized spacial score (nSPS) is 20.3. The fourth-order valence-corrected chi connectivity index (χ4v) is 3.32. The van der Waals surface area contributed by atoms with Gasteiger partial charge >= 0.3 is 6.18 Å². The van der Waals surface area contributed by atoms with Gasteiger partial charge < -0.3 is 5.32 Å². The minimum absolute atomic E-state index is 0.390. The third kappa shape index (κ3) is 3.65. The molecule has 1 nitrogen and oxygen atoms in total. The van der Waals surface area contributed by atoms with Crippen molar-refractivity contribution >= 4 is 11.8 Å². The van der Waals surface area contributed by atoms with Crippen LogP contribution in [0, 0.1) is 5.92 Å². The molecule has 0 radical (unpaired) electrons. The SMILES string of the molecule is FC(F)(F)c1ccccc1CSCC1CCNC1. The summed E-state index contributed by atoms with van der Waals surface area (Å²) < 4.78 is 38.3. The molecule has 0 spiro atoms. The van der Waals surface area contributed by atoms with E-state index in [2.05, 4.69) is 5.32 Å². The van der Waals surface area contributed by atoms with Crippen LogP contribution >= 0.6 is 11.8 Å². The van der Waals surface area contributed by atoms with Crippen LogP contribution in [-0.2, 0) is 11.9 Å². The highest BCUT2D eigenvalue weighted by Gasteiger charge is 2.32. The molecule has 1 aromatic carbocycles. The minimum atomic E-state index is -4.24. The van der Waals surface area contributed by atoms with Gasteiger partial charge in [-0.15, -0.1) is 0 Å². The van der Waals surface area contributed by atoms with Gasteiger partial charge in [0.2, 0.25) is 0 Å². The van der Waals surface area contributed by atoms with Crippen molar-refractivity contribution in [1.29, 1.82) is 0 Å². The minimum Gasteiger partial charge on any atom is -0.316 e. The molecule has 1 N–H and O–H groups in total. The van der Waals surface area contributed by atoms with Crippen LogP contribution in [0.5, 0.6) is 0 Å². The van der Waals surface area contributed by atoms with Crippen LogP contribution in [0.25, 0.3) is 0 Å². The van der Waals surface area contributed by atoms with E-state index in [0.29, 0.717) is 17.2 Å². The molecule has 1 aliphatic heterocycles. The Labute approximate surface area is 109 Å². The highest BCUT2D eigenvalue weighted by atomic mass is 32.2. The molecule has 0 saturated carbocycles. The number of nitrogens with one attached hydrogen (secondary N) is 1. The molecule has 1 saturated heterocycles. The fraction of sp³-hybridized carbons (Fsp3) is 0.538. The Bertz CT molecular complexity index is 386. The van der Waals surface area contributed by atoms with Crippen molar-refractivity contribution < 1.29 is 13.2 Å². The third-order valence-corrected chi connectivity index (χ3v) is 4.32. The molecule has 1 heterocycles. The predicted octanol–water partition coefficient (Wildman–Crippen LogP) is 3.55. The number of rotatable bonds is 4. The number of hydrogen-bond donors (Lipinski definition) is 1. The van der Waals surface area contributed by atoms with Gasteiger partial charge in [-0.1, -0.05) is 18.2 Å². The first kappa shape index (κ1) is 13.7. The second-order valence-electron chi connectivity index (χ2n) is 4.53. The average Bonchev–Trinajstić information content (AvgIpc) is 2.81. The summed E-state index contributed by atoms with van der Waals surface area (Å²) in [6.07, 6.45) is -3.11. The molecule has 1 aromatic rings. The van der Waals surface area contributed by atoms with E-state index in [0.717, 1.165) is 31.3 Å². The van der Waals surface area contributed by atoms with Crippen molar-refractivity contribution in [2.75, 3.05) is 18.8 Å². The molecule has 2 rings (SSSR count). The third-order valence-electron chi connectivity index (χ3n) is 3.10. The lowest BCUT2D eigenvalue weighted by molar-refractivity contribution is -0.138. The van der Waals surface area contributed by atoms with Crippen molar-refractivity contribution in [3.8, 4) is 0 Å². The fourth-order valence-electron chi connectivity index (χ4n) is 2.11. The molecule has 1 aliphatic rings. The molecule has 1 atom stereocenters. The highest BCUT2D eigenvalue weighted by Crippen LogP contribution is 2.33. The smallest absolute Gasteiger partial charge is 0.316 e. The Morgan fingerprint density at radius 2 is 2.06 bits per heavy atom. The number of halogens is 3. The zero-order valence-corrected chi connectivity index (χ0v) is 10.8. The standard InChI is InChI=1S/C13H16F3NS/c14-13(15,16)12-4-2-1-3-11(12)9-18-8-10-5-6-17-7-10/h1-4,10,17H,5-9H2. The second-order valence-corrected chi connectivity index (χ2v) is 5.56. The number of hydrogen-bond acceptors (Lipinski definition) is 2. The van der Waals surface area contributed by atoms with E-state index < -0.39 is 11.7 Å². The van der Waals surface area contributed by atoms with Crippen molar-refractivity contribution in [3.05, 3.63) is 35.4 Å². The summed E-state index contributed by atoms with van der Waals surface area (Å²) in [5.74, 6) is 1.97.